The lowest BCUT2D eigenvalue weighted by molar-refractivity contribution is -0.120. The summed E-state index contributed by atoms with van der Waals surface area (Å²) in [5, 5.41) is 3.48. The number of nitrogens with one attached hydrogen (secondary N) is 1. The van der Waals surface area contributed by atoms with Gasteiger partial charge in [0.25, 0.3) is 0 Å². The van der Waals surface area contributed by atoms with Crippen molar-refractivity contribution in [2.75, 3.05) is 38.0 Å². The number of rotatable bonds is 4. The van der Waals surface area contributed by atoms with Gasteiger partial charge in [-0.2, -0.15) is 0 Å². The Morgan fingerprint density at radius 3 is 2.70 bits per heavy atom. The van der Waals surface area contributed by atoms with Crippen LogP contribution in [0.4, 0.5) is 5.69 Å². The van der Waals surface area contributed by atoms with Crippen LogP contribution in [0, 0.1) is 6.92 Å². The molecular formula is C14H18ClN3O2. The molecule has 1 N–H and O–H groups in total. The van der Waals surface area contributed by atoms with Crippen LogP contribution in [-0.2, 0) is 9.59 Å². The zero-order chi connectivity index (χ0) is 14.5. The Bertz CT molecular complexity index is 499. The van der Waals surface area contributed by atoms with Crippen LogP contribution in [0.1, 0.15) is 5.56 Å². The average molecular weight is 296 g/mol. The highest BCUT2D eigenvalue weighted by Gasteiger charge is 2.18. The SMILES string of the molecule is Cc1ccc(Cl)cc1NC(=O)CN1CCN(C=O)CC1. The van der Waals surface area contributed by atoms with Gasteiger partial charge in [-0.3, -0.25) is 14.5 Å². The second-order valence-electron chi connectivity index (χ2n) is 4.92. The Labute approximate surface area is 123 Å². The van der Waals surface area contributed by atoms with Gasteiger partial charge in [0.05, 0.1) is 6.54 Å². The van der Waals surface area contributed by atoms with Crippen molar-refractivity contribution in [2.24, 2.45) is 0 Å². The molecule has 0 radical (unpaired) electrons. The molecule has 0 bridgehead atoms. The highest BCUT2D eigenvalue weighted by Crippen LogP contribution is 2.20. The summed E-state index contributed by atoms with van der Waals surface area (Å²) in [5.41, 5.74) is 1.72. The Hall–Kier alpha value is -1.59. The van der Waals surface area contributed by atoms with E-state index in [0.29, 0.717) is 24.7 Å². The number of hydrogen-bond acceptors (Lipinski definition) is 3. The maximum Gasteiger partial charge on any atom is 0.238 e. The highest BCUT2D eigenvalue weighted by atomic mass is 35.5. The predicted molar refractivity (Wildman–Crippen MR) is 78.9 cm³/mol. The third-order valence-electron chi connectivity index (χ3n) is 3.40. The van der Waals surface area contributed by atoms with E-state index < -0.39 is 0 Å². The number of benzene rings is 1. The van der Waals surface area contributed by atoms with Gasteiger partial charge in [-0.15, -0.1) is 0 Å². The van der Waals surface area contributed by atoms with Crippen LogP contribution in [0.2, 0.25) is 5.02 Å². The lowest BCUT2D eigenvalue weighted by atomic mass is 10.2. The van der Waals surface area contributed by atoms with Crippen molar-refractivity contribution in [2.45, 2.75) is 6.92 Å². The molecule has 1 saturated heterocycles. The first-order valence-corrected chi connectivity index (χ1v) is 6.94. The minimum Gasteiger partial charge on any atom is -0.343 e. The Balaban J connectivity index is 1.86. The number of anilines is 1. The third kappa shape index (κ3) is 3.95. The minimum absolute atomic E-state index is 0.0603. The van der Waals surface area contributed by atoms with Gasteiger partial charge in [0, 0.05) is 36.9 Å². The molecule has 1 aromatic carbocycles. The van der Waals surface area contributed by atoms with E-state index >= 15 is 0 Å². The first-order chi connectivity index (χ1) is 9.58. The quantitative estimate of drug-likeness (QED) is 0.854. The predicted octanol–water partition coefficient (Wildman–Crippen LogP) is 1.36. The number of aryl methyl sites for hydroxylation is 1. The van der Waals surface area contributed by atoms with Crippen LogP contribution in [0.5, 0.6) is 0 Å². The molecule has 2 rings (SSSR count). The van der Waals surface area contributed by atoms with Crippen molar-refractivity contribution in [3.8, 4) is 0 Å². The van der Waals surface area contributed by atoms with E-state index in [2.05, 4.69) is 5.32 Å². The van der Waals surface area contributed by atoms with Gasteiger partial charge in [0.1, 0.15) is 0 Å². The van der Waals surface area contributed by atoms with Gasteiger partial charge in [0.15, 0.2) is 0 Å². The fraction of sp³-hybridized carbons (Fsp3) is 0.429. The smallest absolute Gasteiger partial charge is 0.238 e. The molecule has 0 aromatic heterocycles. The van der Waals surface area contributed by atoms with Crippen LogP contribution in [-0.4, -0.2) is 54.8 Å². The molecule has 0 saturated carbocycles. The molecule has 6 heteroatoms. The standard InChI is InChI=1S/C14H18ClN3O2/c1-11-2-3-12(15)8-13(11)16-14(20)9-17-4-6-18(10-19)7-5-17/h2-3,8,10H,4-7,9H2,1H3,(H,16,20). The molecule has 1 aliphatic heterocycles. The van der Waals surface area contributed by atoms with Crippen LogP contribution >= 0.6 is 11.6 Å². The molecular weight excluding hydrogens is 278 g/mol. The molecule has 1 aliphatic rings. The van der Waals surface area contributed by atoms with Crippen molar-refractivity contribution in [3.05, 3.63) is 28.8 Å². The van der Waals surface area contributed by atoms with Gasteiger partial charge in [-0.05, 0) is 24.6 Å². The summed E-state index contributed by atoms with van der Waals surface area (Å²) in [6.07, 6.45) is 0.854. The number of carbonyl (C=O) groups is 2. The molecule has 0 spiro atoms. The second kappa shape index (κ2) is 6.72. The summed E-state index contributed by atoms with van der Waals surface area (Å²) >= 11 is 5.92. The Morgan fingerprint density at radius 2 is 2.05 bits per heavy atom. The number of halogens is 1. The summed E-state index contributed by atoms with van der Waals surface area (Å²) < 4.78 is 0. The first kappa shape index (κ1) is 14.8. The molecule has 20 heavy (non-hydrogen) atoms. The number of carbonyl (C=O) groups excluding carboxylic acids is 2. The molecule has 0 aliphatic carbocycles. The number of hydrogen-bond donors (Lipinski definition) is 1. The van der Waals surface area contributed by atoms with Gasteiger partial charge < -0.3 is 10.2 Å². The summed E-state index contributed by atoms with van der Waals surface area (Å²) in [5.74, 6) is -0.0603. The topological polar surface area (TPSA) is 52.7 Å². The van der Waals surface area contributed by atoms with Crippen LogP contribution in [0.15, 0.2) is 18.2 Å². The zero-order valence-electron chi connectivity index (χ0n) is 11.4. The maximum atomic E-state index is 12.0. The van der Waals surface area contributed by atoms with E-state index in [-0.39, 0.29) is 5.91 Å². The van der Waals surface area contributed by atoms with Crippen molar-refractivity contribution >= 4 is 29.6 Å². The van der Waals surface area contributed by atoms with Gasteiger partial charge in [0.2, 0.25) is 12.3 Å². The van der Waals surface area contributed by atoms with E-state index in [1.54, 1.807) is 17.0 Å². The summed E-state index contributed by atoms with van der Waals surface area (Å²) in [7, 11) is 0. The van der Waals surface area contributed by atoms with E-state index in [1.165, 1.54) is 0 Å². The molecule has 0 unspecified atom stereocenters. The van der Waals surface area contributed by atoms with Crippen LogP contribution < -0.4 is 5.32 Å². The molecule has 108 valence electrons. The fourth-order valence-corrected chi connectivity index (χ4v) is 2.32. The van der Waals surface area contributed by atoms with E-state index in [4.69, 9.17) is 11.6 Å². The lowest BCUT2D eigenvalue weighted by Gasteiger charge is -2.31. The summed E-state index contributed by atoms with van der Waals surface area (Å²) in [6.45, 7) is 5.05. The van der Waals surface area contributed by atoms with Crippen molar-refractivity contribution < 1.29 is 9.59 Å². The van der Waals surface area contributed by atoms with Gasteiger partial charge >= 0.3 is 0 Å². The highest BCUT2D eigenvalue weighted by molar-refractivity contribution is 6.31. The van der Waals surface area contributed by atoms with E-state index in [9.17, 15) is 9.59 Å². The lowest BCUT2D eigenvalue weighted by Crippen LogP contribution is -2.48. The normalized spacial score (nSPS) is 16.0. The molecule has 1 fully saturated rings. The molecule has 0 atom stereocenters. The van der Waals surface area contributed by atoms with Crippen molar-refractivity contribution in [1.29, 1.82) is 0 Å². The number of piperazine rings is 1. The first-order valence-electron chi connectivity index (χ1n) is 6.56. The van der Waals surface area contributed by atoms with Gasteiger partial charge in [-0.1, -0.05) is 17.7 Å². The van der Waals surface area contributed by atoms with Crippen LogP contribution in [0.3, 0.4) is 0 Å². The largest absolute Gasteiger partial charge is 0.343 e. The second-order valence-corrected chi connectivity index (χ2v) is 5.36. The Morgan fingerprint density at radius 1 is 1.35 bits per heavy atom. The Kier molecular flexibility index (Phi) is 4.98. The molecule has 2 amide bonds. The fourth-order valence-electron chi connectivity index (χ4n) is 2.15. The van der Waals surface area contributed by atoms with E-state index in [0.717, 1.165) is 30.8 Å². The van der Waals surface area contributed by atoms with Crippen molar-refractivity contribution in [1.82, 2.24) is 9.80 Å². The third-order valence-corrected chi connectivity index (χ3v) is 3.63. The minimum atomic E-state index is -0.0603. The summed E-state index contributed by atoms with van der Waals surface area (Å²) in [4.78, 5) is 26.4. The maximum absolute atomic E-state index is 12.0. The molecule has 1 aromatic rings. The number of nitrogens with zero attached hydrogens (tertiary/aromatic N) is 2. The summed E-state index contributed by atoms with van der Waals surface area (Å²) in [6, 6.07) is 5.42. The molecule has 5 nitrogen and oxygen atoms in total. The zero-order valence-corrected chi connectivity index (χ0v) is 12.2. The monoisotopic (exact) mass is 295 g/mol. The number of amides is 2. The van der Waals surface area contributed by atoms with E-state index in [1.807, 2.05) is 17.9 Å². The van der Waals surface area contributed by atoms with Crippen LogP contribution in [0.25, 0.3) is 0 Å². The van der Waals surface area contributed by atoms with Crippen molar-refractivity contribution in [3.63, 3.8) is 0 Å². The molecule has 1 heterocycles. The van der Waals surface area contributed by atoms with Gasteiger partial charge in [-0.25, -0.2) is 0 Å². The average Bonchev–Trinajstić information content (AvgIpc) is 2.43.